The summed E-state index contributed by atoms with van der Waals surface area (Å²) in [5, 5.41) is 5.18. The molecule has 0 spiro atoms. The molecule has 3 rings (SSSR count). The van der Waals surface area contributed by atoms with Gasteiger partial charge in [-0.05, 0) is 36.2 Å². The highest BCUT2D eigenvalue weighted by atomic mass is 35.5. The first-order valence-corrected chi connectivity index (χ1v) is 9.89. The Balaban J connectivity index is 1.54. The predicted molar refractivity (Wildman–Crippen MR) is 118 cm³/mol. The van der Waals surface area contributed by atoms with Crippen LogP contribution in [0.3, 0.4) is 0 Å². The third-order valence-electron chi connectivity index (χ3n) is 4.19. The molecule has 148 valence electrons. The van der Waals surface area contributed by atoms with Crippen molar-refractivity contribution in [3.63, 3.8) is 0 Å². The molecule has 0 aliphatic heterocycles. The molecule has 1 amide bonds. The van der Waals surface area contributed by atoms with Crippen LogP contribution in [0.15, 0.2) is 77.9 Å². The quantitative estimate of drug-likeness (QED) is 0.373. The van der Waals surface area contributed by atoms with Crippen molar-refractivity contribution in [2.45, 2.75) is 19.4 Å². The molecule has 0 saturated heterocycles. The Hall–Kier alpha value is -2.82. The van der Waals surface area contributed by atoms with E-state index < -0.39 is 0 Å². The Morgan fingerprint density at radius 2 is 1.76 bits per heavy atom. The van der Waals surface area contributed by atoms with Gasteiger partial charge in [-0.3, -0.25) is 4.79 Å². The van der Waals surface area contributed by atoms with E-state index in [4.69, 9.17) is 27.9 Å². The maximum atomic E-state index is 12.0. The number of benzene rings is 3. The fourth-order valence-corrected chi connectivity index (χ4v) is 3.11. The van der Waals surface area contributed by atoms with E-state index in [-0.39, 0.29) is 5.91 Å². The minimum atomic E-state index is -0.142. The van der Waals surface area contributed by atoms with Crippen molar-refractivity contribution in [3.8, 4) is 5.75 Å². The van der Waals surface area contributed by atoms with Crippen LogP contribution in [0.4, 0.5) is 0 Å². The first-order chi connectivity index (χ1) is 14.1. The Labute approximate surface area is 180 Å². The first kappa shape index (κ1) is 20.9. The molecule has 0 heterocycles. The van der Waals surface area contributed by atoms with E-state index in [2.05, 4.69) is 10.5 Å². The van der Waals surface area contributed by atoms with Crippen molar-refractivity contribution in [2.24, 2.45) is 5.10 Å². The summed E-state index contributed by atoms with van der Waals surface area (Å²) >= 11 is 12.1. The number of halogens is 2. The van der Waals surface area contributed by atoms with Crippen LogP contribution in [0.1, 0.15) is 23.1 Å². The van der Waals surface area contributed by atoms with Gasteiger partial charge in [0, 0.05) is 27.6 Å². The Morgan fingerprint density at radius 1 is 1.00 bits per heavy atom. The lowest BCUT2D eigenvalue weighted by molar-refractivity contribution is -0.121. The summed E-state index contributed by atoms with van der Waals surface area (Å²) in [6, 6.07) is 22.6. The molecule has 0 aliphatic carbocycles. The molecule has 29 heavy (non-hydrogen) atoms. The second-order valence-electron chi connectivity index (χ2n) is 6.34. The number of aryl methyl sites for hydroxylation is 1. The molecule has 0 unspecified atom stereocenters. The standard InChI is InChI=1S/C23H20Cl2N2O2/c24-20-12-11-19(21(25)14-20)16-29-22-9-5-4-8-18(22)15-26-27-23(28)13-10-17-6-2-1-3-7-17/h1-9,11-12,14-15H,10,13,16H2,(H,27,28)/b26-15-. The van der Waals surface area contributed by atoms with Crippen LogP contribution in [-0.2, 0) is 17.8 Å². The highest BCUT2D eigenvalue weighted by Crippen LogP contribution is 2.23. The molecular formula is C23H20Cl2N2O2. The fourth-order valence-electron chi connectivity index (χ4n) is 2.65. The molecule has 0 aliphatic rings. The van der Waals surface area contributed by atoms with Gasteiger partial charge in [0.25, 0.3) is 0 Å². The average molecular weight is 427 g/mol. The number of hydrazone groups is 1. The summed E-state index contributed by atoms with van der Waals surface area (Å²) in [6.45, 7) is 0.296. The number of carbonyl (C=O) groups excluding carboxylic acids is 1. The molecule has 4 nitrogen and oxygen atoms in total. The summed E-state index contributed by atoms with van der Waals surface area (Å²) in [5.74, 6) is 0.497. The van der Waals surface area contributed by atoms with E-state index in [0.29, 0.717) is 35.2 Å². The Bertz CT molecular complexity index is 991. The number of rotatable bonds is 8. The topological polar surface area (TPSA) is 50.7 Å². The minimum Gasteiger partial charge on any atom is -0.488 e. The highest BCUT2D eigenvalue weighted by molar-refractivity contribution is 6.35. The third kappa shape index (κ3) is 6.63. The van der Waals surface area contributed by atoms with Crippen LogP contribution in [0.2, 0.25) is 10.0 Å². The van der Waals surface area contributed by atoms with Gasteiger partial charge in [0.15, 0.2) is 0 Å². The molecular weight excluding hydrogens is 407 g/mol. The summed E-state index contributed by atoms with van der Waals surface area (Å²) in [5.41, 5.74) is 5.26. The van der Waals surface area contributed by atoms with Gasteiger partial charge in [0.05, 0.1) is 6.21 Å². The van der Waals surface area contributed by atoms with Gasteiger partial charge < -0.3 is 4.74 Å². The molecule has 0 aromatic heterocycles. The largest absolute Gasteiger partial charge is 0.488 e. The van der Waals surface area contributed by atoms with Crippen LogP contribution in [-0.4, -0.2) is 12.1 Å². The van der Waals surface area contributed by atoms with Crippen molar-refractivity contribution in [1.29, 1.82) is 0 Å². The monoisotopic (exact) mass is 426 g/mol. The maximum Gasteiger partial charge on any atom is 0.240 e. The molecule has 0 atom stereocenters. The smallest absolute Gasteiger partial charge is 0.240 e. The van der Waals surface area contributed by atoms with Gasteiger partial charge in [-0.25, -0.2) is 5.43 Å². The summed E-state index contributed by atoms with van der Waals surface area (Å²) in [4.78, 5) is 12.0. The lowest BCUT2D eigenvalue weighted by Gasteiger charge is -2.10. The van der Waals surface area contributed by atoms with Crippen molar-refractivity contribution < 1.29 is 9.53 Å². The van der Waals surface area contributed by atoms with Crippen molar-refractivity contribution in [2.75, 3.05) is 0 Å². The van der Waals surface area contributed by atoms with Crippen LogP contribution >= 0.6 is 23.2 Å². The normalized spacial score (nSPS) is 10.8. The number of hydrogen-bond donors (Lipinski definition) is 1. The third-order valence-corrected chi connectivity index (χ3v) is 4.78. The summed E-state index contributed by atoms with van der Waals surface area (Å²) in [7, 11) is 0. The summed E-state index contributed by atoms with van der Waals surface area (Å²) < 4.78 is 5.88. The van der Waals surface area contributed by atoms with Gasteiger partial charge in [0.2, 0.25) is 5.91 Å². The van der Waals surface area contributed by atoms with Crippen LogP contribution in [0.25, 0.3) is 0 Å². The molecule has 0 radical (unpaired) electrons. The molecule has 6 heteroatoms. The second kappa shape index (κ2) is 10.6. The van der Waals surface area contributed by atoms with Crippen LogP contribution in [0, 0.1) is 0 Å². The molecule has 0 bridgehead atoms. The molecule has 0 fully saturated rings. The van der Waals surface area contributed by atoms with E-state index in [1.165, 1.54) is 0 Å². The van der Waals surface area contributed by atoms with Gasteiger partial charge in [-0.2, -0.15) is 5.10 Å². The minimum absolute atomic E-state index is 0.142. The lowest BCUT2D eigenvalue weighted by atomic mass is 10.1. The average Bonchev–Trinajstić information content (AvgIpc) is 2.73. The molecule has 0 saturated carbocycles. The fraction of sp³-hybridized carbons (Fsp3) is 0.130. The van der Waals surface area contributed by atoms with E-state index in [1.807, 2.05) is 60.7 Å². The van der Waals surface area contributed by atoms with E-state index in [0.717, 1.165) is 16.7 Å². The van der Waals surface area contributed by atoms with Gasteiger partial charge >= 0.3 is 0 Å². The number of para-hydroxylation sites is 1. The second-order valence-corrected chi connectivity index (χ2v) is 7.18. The van der Waals surface area contributed by atoms with Crippen molar-refractivity contribution >= 4 is 35.3 Å². The van der Waals surface area contributed by atoms with Gasteiger partial charge in [-0.15, -0.1) is 0 Å². The SMILES string of the molecule is O=C(CCc1ccccc1)N/N=C\c1ccccc1OCc1ccc(Cl)cc1Cl. The molecule has 3 aromatic rings. The zero-order valence-electron chi connectivity index (χ0n) is 15.6. The number of amides is 1. The number of hydrogen-bond acceptors (Lipinski definition) is 3. The molecule has 3 aromatic carbocycles. The van der Waals surface area contributed by atoms with Crippen molar-refractivity contribution in [1.82, 2.24) is 5.43 Å². The maximum absolute atomic E-state index is 12.0. The van der Waals surface area contributed by atoms with Gasteiger partial charge in [-0.1, -0.05) is 71.7 Å². The number of nitrogens with zero attached hydrogens (tertiary/aromatic N) is 1. The first-order valence-electron chi connectivity index (χ1n) is 9.13. The lowest BCUT2D eigenvalue weighted by Crippen LogP contribution is -2.17. The predicted octanol–water partition coefficient (Wildman–Crippen LogP) is 5.66. The van der Waals surface area contributed by atoms with Crippen LogP contribution < -0.4 is 10.2 Å². The molecule has 1 N–H and O–H groups in total. The van der Waals surface area contributed by atoms with Crippen molar-refractivity contribution in [3.05, 3.63) is 99.5 Å². The van der Waals surface area contributed by atoms with Crippen LogP contribution in [0.5, 0.6) is 5.75 Å². The van der Waals surface area contributed by atoms with E-state index >= 15 is 0 Å². The van der Waals surface area contributed by atoms with E-state index in [9.17, 15) is 4.79 Å². The summed E-state index contributed by atoms with van der Waals surface area (Å²) in [6.07, 6.45) is 2.61. The number of nitrogens with one attached hydrogen (secondary N) is 1. The highest BCUT2D eigenvalue weighted by Gasteiger charge is 2.06. The van der Waals surface area contributed by atoms with Gasteiger partial charge in [0.1, 0.15) is 12.4 Å². The zero-order chi connectivity index (χ0) is 20.5. The Morgan fingerprint density at radius 3 is 2.55 bits per heavy atom. The Kier molecular flexibility index (Phi) is 7.68. The number of ether oxygens (including phenoxy) is 1. The zero-order valence-corrected chi connectivity index (χ0v) is 17.2. The number of carbonyl (C=O) groups is 1. The van der Waals surface area contributed by atoms with E-state index in [1.54, 1.807) is 18.3 Å².